The summed E-state index contributed by atoms with van der Waals surface area (Å²) in [5.41, 5.74) is 1.44. The van der Waals surface area contributed by atoms with Gasteiger partial charge in [-0.2, -0.15) is 0 Å². The summed E-state index contributed by atoms with van der Waals surface area (Å²) < 4.78 is 5.31. The van der Waals surface area contributed by atoms with Gasteiger partial charge in [-0.25, -0.2) is 0 Å². The van der Waals surface area contributed by atoms with Crippen LogP contribution >= 0.6 is 0 Å². The van der Waals surface area contributed by atoms with Crippen molar-refractivity contribution >= 4 is 0 Å². The number of ether oxygens (including phenoxy) is 1. The van der Waals surface area contributed by atoms with Crippen molar-refractivity contribution in [2.45, 2.75) is 38.1 Å². The Kier molecular flexibility index (Phi) is 4.83. The van der Waals surface area contributed by atoms with Crippen molar-refractivity contribution in [2.75, 3.05) is 26.7 Å². The van der Waals surface area contributed by atoms with Crippen LogP contribution in [-0.2, 0) is 5.41 Å². The number of hydrogen-bond acceptors (Lipinski definition) is 3. The van der Waals surface area contributed by atoms with Crippen molar-refractivity contribution in [1.82, 2.24) is 10.6 Å². The van der Waals surface area contributed by atoms with Crippen LogP contribution in [0, 0.1) is 0 Å². The Bertz CT molecular complexity index is 397. The monoisotopic (exact) mass is 262 g/mol. The molecule has 3 nitrogen and oxygen atoms in total. The van der Waals surface area contributed by atoms with Crippen molar-refractivity contribution in [1.29, 1.82) is 0 Å². The SMILES string of the molecule is COc1cccc(C(C)(C)CNCC2CCCN2)c1. The maximum atomic E-state index is 5.31. The second-order valence-corrected chi connectivity index (χ2v) is 6.04. The fraction of sp³-hybridized carbons (Fsp3) is 0.625. The lowest BCUT2D eigenvalue weighted by molar-refractivity contribution is 0.408. The molecule has 0 spiro atoms. The van der Waals surface area contributed by atoms with E-state index in [0.29, 0.717) is 6.04 Å². The van der Waals surface area contributed by atoms with Gasteiger partial charge in [0.25, 0.3) is 0 Å². The van der Waals surface area contributed by atoms with Crippen LogP contribution < -0.4 is 15.4 Å². The number of hydrogen-bond donors (Lipinski definition) is 2. The third kappa shape index (κ3) is 3.95. The van der Waals surface area contributed by atoms with Gasteiger partial charge in [-0.05, 0) is 37.1 Å². The zero-order valence-electron chi connectivity index (χ0n) is 12.3. The van der Waals surface area contributed by atoms with Crippen LogP contribution in [0.1, 0.15) is 32.3 Å². The van der Waals surface area contributed by atoms with Gasteiger partial charge in [0.05, 0.1) is 7.11 Å². The second kappa shape index (κ2) is 6.40. The van der Waals surface area contributed by atoms with Gasteiger partial charge in [-0.1, -0.05) is 26.0 Å². The molecule has 1 aliphatic rings. The van der Waals surface area contributed by atoms with E-state index in [9.17, 15) is 0 Å². The van der Waals surface area contributed by atoms with E-state index in [-0.39, 0.29) is 5.41 Å². The molecule has 1 aromatic rings. The molecule has 1 heterocycles. The molecule has 0 bridgehead atoms. The molecule has 2 rings (SSSR count). The first kappa shape index (κ1) is 14.4. The Balaban J connectivity index is 1.88. The van der Waals surface area contributed by atoms with Gasteiger partial charge in [0.15, 0.2) is 0 Å². The van der Waals surface area contributed by atoms with E-state index in [1.54, 1.807) is 7.11 Å². The molecule has 1 unspecified atom stereocenters. The van der Waals surface area contributed by atoms with Gasteiger partial charge in [0.2, 0.25) is 0 Å². The van der Waals surface area contributed by atoms with E-state index >= 15 is 0 Å². The van der Waals surface area contributed by atoms with Crippen molar-refractivity contribution in [3.8, 4) is 5.75 Å². The molecule has 1 atom stereocenters. The summed E-state index contributed by atoms with van der Waals surface area (Å²) in [4.78, 5) is 0. The van der Waals surface area contributed by atoms with Crippen LogP contribution in [0.15, 0.2) is 24.3 Å². The van der Waals surface area contributed by atoms with Crippen LogP contribution in [0.2, 0.25) is 0 Å². The minimum absolute atomic E-state index is 0.118. The molecule has 2 N–H and O–H groups in total. The summed E-state index contributed by atoms with van der Waals surface area (Å²) in [6, 6.07) is 9.03. The van der Waals surface area contributed by atoms with Crippen LogP contribution in [-0.4, -0.2) is 32.8 Å². The fourth-order valence-electron chi connectivity index (χ4n) is 2.64. The Morgan fingerprint density at radius 3 is 2.95 bits per heavy atom. The summed E-state index contributed by atoms with van der Waals surface area (Å²) in [5.74, 6) is 0.933. The molecule has 0 aromatic heterocycles. The van der Waals surface area contributed by atoms with Crippen LogP contribution in [0.4, 0.5) is 0 Å². The highest BCUT2D eigenvalue weighted by Crippen LogP contribution is 2.25. The van der Waals surface area contributed by atoms with Crippen molar-refractivity contribution in [3.63, 3.8) is 0 Å². The number of rotatable bonds is 6. The average molecular weight is 262 g/mol. The normalized spacial score (nSPS) is 19.6. The smallest absolute Gasteiger partial charge is 0.119 e. The zero-order chi connectivity index (χ0) is 13.7. The van der Waals surface area contributed by atoms with Gasteiger partial charge >= 0.3 is 0 Å². The molecule has 0 saturated carbocycles. The predicted molar refractivity (Wildman–Crippen MR) is 79.9 cm³/mol. The Morgan fingerprint density at radius 1 is 1.42 bits per heavy atom. The molecular weight excluding hydrogens is 236 g/mol. The van der Waals surface area contributed by atoms with Crippen LogP contribution in [0.25, 0.3) is 0 Å². The molecule has 19 heavy (non-hydrogen) atoms. The highest BCUT2D eigenvalue weighted by atomic mass is 16.5. The standard InChI is InChI=1S/C16H26N2O/c1-16(2,12-17-11-14-7-5-9-18-14)13-6-4-8-15(10-13)19-3/h4,6,8,10,14,17-18H,5,7,9,11-12H2,1-3H3. The van der Waals surface area contributed by atoms with Crippen molar-refractivity contribution < 1.29 is 4.74 Å². The topological polar surface area (TPSA) is 33.3 Å². The maximum absolute atomic E-state index is 5.31. The summed E-state index contributed by atoms with van der Waals surface area (Å²) in [5, 5.41) is 7.12. The molecule has 3 heteroatoms. The summed E-state index contributed by atoms with van der Waals surface area (Å²) >= 11 is 0. The second-order valence-electron chi connectivity index (χ2n) is 6.04. The van der Waals surface area contributed by atoms with E-state index in [1.807, 2.05) is 6.07 Å². The number of methoxy groups -OCH3 is 1. The molecule has 0 amide bonds. The fourth-order valence-corrected chi connectivity index (χ4v) is 2.64. The third-order valence-electron chi connectivity index (χ3n) is 3.97. The largest absolute Gasteiger partial charge is 0.497 e. The first-order valence-electron chi connectivity index (χ1n) is 7.20. The summed E-state index contributed by atoms with van der Waals surface area (Å²) in [7, 11) is 1.72. The Hall–Kier alpha value is -1.06. The zero-order valence-corrected chi connectivity index (χ0v) is 12.3. The molecule has 1 saturated heterocycles. The molecular formula is C16H26N2O. The van der Waals surface area contributed by atoms with Gasteiger partial charge in [-0.15, -0.1) is 0 Å². The van der Waals surface area contributed by atoms with E-state index in [2.05, 4.69) is 42.7 Å². The van der Waals surface area contributed by atoms with Crippen molar-refractivity contribution in [2.24, 2.45) is 0 Å². The maximum Gasteiger partial charge on any atom is 0.119 e. The highest BCUT2D eigenvalue weighted by molar-refractivity contribution is 5.33. The summed E-state index contributed by atoms with van der Waals surface area (Å²) in [6.45, 7) is 7.77. The van der Waals surface area contributed by atoms with Crippen LogP contribution in [0.3, 0.4) is 0 Å². The average Bonchev–Trinajstić information content (AvgIpc) is 2.92. The minimum Gasteiger partial charge on any atom is -0.497 e. The van der Waals surface area contributed by atoms with Crippen LogP contribution in [0.5, 0.6) is 5.75 Å². The number of benzene rings is 1. The predicted octanol–water partition coefficient (Wildman–Crippen LogP) is 2.31. The van der Waals surface area contributed by atoms with E-state index in [0.717, 1.165) is 18.8 Å². The van der Waals surface area contributed by atoms with E-state index in [1.165, 1.54) is 24.9 Å². The highest BCUT2D eigenvalue weighted by Gasteiger charge is 2.22. The third-order valence-corrected chi connectivity index (χ3v) is 3.97. The summed E-state index contributed by atoms with van der Waals surface area (Å²) in [6.07, 6.45) is 2.61. The van der Waals surface area contributed by atoms with Gasteiger partial charge < -0.3 is 15.4 Å². The van der Waals surface area contributed by atoms with Gasteiger partial charge in [0.1, 0.15) is 5.75 Å². The van der Waals surface area contributed by atoms with Gasteiger partial charge in [0, 0.05) is 24.5 Å². The Labute approximate surface area is 116 Å². The lowest BCUT2D eigenvalue weighted by Crippen LogP contribution is -2.40. The molecule has 0 radical (unpaired) electrons. The lowest BCUT2D eigenvalue weighted by atomic mass is 9.84. The van der Waals surface area contributed by atoms with E-state index < -0.39 is 0 Å². The Morgan fingerprint density at radius 2 is 2.26 bits per heavy atom. The van der Waals surface area contributed by atoms with Gasteiger partial charge in [-0.3, -0.25) is 0 Å². The molecule has 1 fully saturated rings. The minimum atomic E-state index is 0.118. The quantitative estimate of drug-likeness (QED) is 0.825. The molecule has 0 aliphatic carbocycles. The molecule has 1 aromatic carbocycles. The number of nitrogens with one attached hydrogen (secondary N) is 2. The molecule has 106 valence electrons. The lowest BCUT2D eigenvalue weighted by Gasteiger charge is -2.27. The first-order valence-corrected chi connectivity index (χ1v) is 7.20. The van der Waals surface area contributed by atoms with Crippen molar-refractivity contribution in [3.05, 3.63) is 29.8 Å². The molecule has 1 aliphatic heterocycles. The van der Waals surface area contributed by atoms with E-state index in [4.69, 9.17) is 4.74 Å². The first-order chi connectivity index (χ1) is 9.12.